The van der Waals surface area contributed by atoms with Gasteiger partial charge in [0.15, 0.2) is 0 Å². The van der Waals surface area contributed by atoms with Gasteiger partial charge in [0, 0.05) is 18.0 Å². The summed E-state index contributed by atoms with van der Waals surface area (Å²) < 4.78 is 0. The van der Waals surface area contributed by atoms with Crippen molar-refractivity contribution < 1.29 is 14.7 Å². The third-order valence-electron chi connectivity index (χ3n) is 2.74. The zero-order valence-electron chi connectivity index (χ0n) is 10.3. The number of nitrogens with one attached hydrogen (secondary N) is 1. The lowest BCUT2D eigenvalue weighted by atomic mass is 10.00. The maximum Gasteiger partial charge on any atom is 0.310 e. The Morgan fingerprint density at radius 1 is 1.47 bits per heavy atom. The molecule has 0 saturated carbocycles. The van der Waals surface area contributed by atoms with Crippen molar-refractivity contribution in [3.8, 4) is 0 Å². The number of amides is 1. The second-order valence-corrected chi connectivity index (χ2v) is 5.23. The van der Waals surface area contributed by atoms with Gasteiger partial charge in [-0.05, 0) is 26.7 Å². The van der Waals surface area contributed by atoms with Gasteiger partial charge in [0.25, 0.3) is 0 Å². The number of rotatable bonds is 5. The van der Waals surface area contributed by atoms with Crippen molar-refractivity contribution in [3.05, 3.63) is 12.2 Å². The summed E-state index contributed by atoms with van der Waals surface area (Å²) in [7, 11) is 0. The minimum absolute atomic E-state index is 0.0794. The minimum atomic E-state index is -0.846. The van der Waals surface area contributed by atoms with E-state index >= 15 is 0 Å². The number of hydrogen-bond acceptors (Lipinski definition) is 3. The average Bonchev–Trinajstić information content (AvgIpc) is 2.62. The second kappa shape index (κ2) is 5.31. The van der Waals surface area contributed by atoms with Crippen LogP contribution in [0.15, 0.2) is 12.2 Å². The highest BCUT2D eigenvalue weighted by Crippen LogP contribution is 2.18. The predicted octanol–water partition coefficient (Wildman–Crippen LogP) is 0.649. The van der Waals surface area contributed by atoms with Gasteiger partial charge in [-0.15, -0.1) is 0 Å². The molecule has 1 rings (SSSR count). The number of carboxylic acids is 1. The molecule has 1 aliphatic carbocycles. The standard InChI is InChI=1S/C12H20N2O3/c1-12(2,13)6-5-10(15)14-9-4-3-8(7-9)11(16)17/h3-4,8-9H,5-7,13H2,1-2H3,(H,14,15)(H,16,17). The Morgan fingerprint density at radius 2 is 2.12 bits per heavy atom. The van der Waals surface area contributed by atoms with E-state index in [9.17, 15) is 9.59 Å². The van der Waals surface area contributed by atoms with E-state index in [1.54, 1.807) is 12.2 Å². The molecule has 0 fully saturated rings. The zero-order chi connectivity index (χ0) is 13.1. The van der Waals surface area contributed by atoms with Crippen molar-refractivity contribution in [2.45, 2.75) is 44.7 Å². The molecule has 1 aliphatic rings. The van der Waals surface area contributed by atoms with Crippen LogP contribution in [0.2, 0.25) is 0 Å². The van der Waals surface area contributed by atoms with Crippen LogP contribution in [0, 0.1) is 5.92 Å². The molecule has 0 heterocycles. The molecule has 0 spiro atoms. The highest BCUT2D eigenvalue weighted by Gasteiger charge is 2.25. The number of hydrogen-bond donors (Lipinski definition) is 3. The molecular weight excluding hydrogens is 220 g/mol. The summed E-state index contributed by atoms with van der Waals surface area (Å²) >= 11 is 0. The summed E-state index contributed by atoms with van der Waals surface area (Å²) in [5, 5.41) is 11.6. The van der Waals surface area contributed by atoms with Crippen LogP contribution in [-0.4, -0.2) is 28.6 Å². The minimum Gasteiger partial charge on any atom is -0.481 e. The Morgan fingerprint density at radius 3 is 2.59 bits per heavy atom. The van der Waals surface area contributed by atoms with Gasteiger partial charge in [0.1, 0.15) is 0 Å². The van der Waals surface area contributed by atoms with E-state index in [1.807, 2.05) is 13.8 Å². The van der Waals surface area contributed by atoms with Gasteiger partial charge in [-0.1, -0.05) is 12.2 Å². The number of nitrogens with two attached hydrogens (primary N) is 1. The van der Waals surface area contributed by atoms with E-state index < -0.39 is 11.9 Å². The first-order valence-electron chi connectivity index (χ1n) is 5.77. The quantitative estimate of drug-likeness (QED) is 0.615. The molecule has 0 aromatic heterocycles. The van der Waals surface area contributed by atoms with Crippen molar-refractivity contribution in [1.29, 1.82) is 0 Å². The van der Waals surface area contributed by atoms with Crippen LogP contribution in [0.25, 0.3) is 0 Å². The van der Waals surface area contributed by atoms with Crippen molar-refractivity contribution in [2.24, 2.45) is 11.7 Å². The predicted molar refractivity (Wildman–Crippen MR) is 64.3 cm³/mol. The van der Waals surface area contributed by atoms with Crippen molar-refractivity contribution >= 4 is 11.9 Å². The fourth-order valence-corrected chi connectivity index (χ4v) is 1.70. The van der Waals surface area contributed by atoms with Crippen LogP contribution in [-0.2, 0) is 9.59 Å². The highest BCUT2D eigenvalue weighted by atomic mass is 16.4. The van der Waals surface area contributed by atoms with Gasteiger partial charge in [0.2, 0.25) is 5.91 Å². The molecule has 5 nitrogen and oxygen atoms in total. The number of carboxylic acid groups (broad SMARTS) is 1. The molecule has 0 bridgehead atoms. The fraction of sp³-hybridized carbons (Fsp3) is 0.667. The third kappa shape index (κ3) is 4.99. The first kappa shape index (κ1) is 13.7. The lowest BCUT2D eigenvalue weighted by Crippen LogP contribution is -2.37. The first-order chi connectivity index (χ1) is 7.78. The average molecular weight is 240 g/mol. The van der Waals surface area contributed by atoms with Crippen LogP contribution in [0.3, 0.4) is 0 Å². The van der Waals surface area contributed by atoms with Crippen LogP contribution < -0.4 is 11.1 Å². The van der Waals surface area contributed by atoms with Gasteiger partial charge in [0.05, 0.1) is 5.92 Å². The van der Waals surface area contributed by atoms with E-state index in [1.165, 1.54) is 0 Å². The Hall–Kier alpha value is -1.36. The van der Waals surface area contributed by atoms with E-state index in [0.717, 1.165) is 0 Å². The first-order valence-corrected chi connectivity index (χ1v) is 5.77. The summed E-state index contributed by atoms with van der Waals surface area (Å²) in [4.78, 5) is 22.3. The monoisotopic (exact) mass is 240 g/mol. The molecule has 0 aromatic rings. The highest BCUT2D eigenvalue weighted by molar-refractivity contribution is 5.77. The molecule has 0 aliphatic heterocycles. The molecule has 0 saturated heterocycles. The molecule has 0 radical (unpaired) electrons. The molecule has 2 atom stereocenters. The summed E-state index contributed by atoms with van der Waals surface area (Å²) in [6, 6.07) is -0.163. The van der Waals surface area contributed by atoms with Gasteiger partial charge in [-0.25, -0.2) is 0 Å². The van der Waals surface area contributed by atoms with Crippen LogP contribution >= 0.6 is 0 Å². The fourth-order valence-electron chi connectivity index (χ4n) is 1.70. The van der Waals surface area contributed by atoms with E-state index in [0.29, 0.717) is 19.3 Å². The van der Waals surface area contributed by atoms with Gasteiger partial charge >= 0.3 is 5.97 Å². The topological polar surface area (TPSA) is 92.4 Å². The van der Waals surface area contributed by atoms with E-state index in [-0.39, 0.29) is 17.5 Å². The molecule has 1 amide bonds. The Bertz CT molecular complexity index is 331. The molecule has 4 N–H and O–H groups in total. The molecule has 2 unspecified atom stereocenters. The summed E-state index contributed by atoms with van der Waals surface area (Å²) in [5.74, 6) is -1.41. The molecule has 96 valence electrons. The largest absolute Gasteiger partial charge is 0.481 e. The van der Waals surface area contributed by atoms with E-state index in [4.69, 9.17) is 10.8 Å². The number of carbonyl (C=O) groups excluding carboxylic acids is 1. The zero-order valence-corrected chi connectivity index (χ0v) is 10.3. The summed E-state index contributed by atoms with van der Waals surface area (Å²) in [5.41, 5.74) is 5.43. The lowest BCUT2D eigenvalue weighted by molar-refractivity contribution is -0.140. The smallest absolute Gasteiger partial charge is 0.310 e. The Balaban J connectivity index is 2.30. The van der Waals surface area contributed by atoms with Crippen LogP contribution in [0.4, 0.5) is 0 Å². The van der Waals surface area contributed by atoms with Gasteiger partial charge in [-0.3, -0.25) is 9.59 Å². The van der Waals surface area contributed by atoms with Crippen LogP contribution in [0.1, 0.15) is 33.1 Å². The SMILES string of the molecule is CC(C)(N)CCC(=O)NC1C=CC(C(=O)O)C1. The second-order valence-electron chi connectivity index (χ2n) is 5.23. The van der Waals surface area contributed by atoms with Gasteiger partial charge in [-0.2, -0.15) is 0 Å². The Kier molecular flexibility index (Phi) is 4.28. The maximum atomic E-state index is 11.6. The van der Waals surface area contributed by atoms with Crippen molar-refractivity contribution in [1.82, 2.24) is 5.32 Å². The maximum absolute atomic E-state index is 11.6. The normalized spacial score (nSPS) is 23.7. The lowest BCUT2D eigenvalue weighted by Gasteiger charge is -2.18. The number of carbonyl (C=O) groups is 2. The molecular formula is C12H20N2O3. The van der Waals surface area contributed by atoms with Crippen LogP contribution in [0.5, 0.6) is 0 Å². The van der Waals surface area contributed by atoms with Crippen molar-refractivity contribution in [2.75, 3.05) is 0 Å². The Labute approximate surface area is 101 Å². The summed E-state index contributed by atoms with van der Waals surface area (Å²) in [6.45, 7) is 3.74. The molecule has 5 heteroatoms. The van der Waals surface area contributed by atoms with E-state index in [2.05, 4.69) is 5.32 Å². The molecule has 0 aromatic carbocycles. The summed E-state index contributed by atoms with van der Waals surface area (Å²) in [6.07, 6.45) is 4.78. The van der Waals surface area contributed by atoms with Gasteiger partial charge < -0.3 is 16.2 Å². The third-order valence-corrected chi connectivity index (χ3v) is 2.74. The molecule has 17 heavy (non-hydrogen) atoms. The number of aliphatic carboxylic acids is 1. The van der Waals surface area contributed by atoms with Crippen molar-refractivity contribution in [3.63, 3.8) is 0 Å².